The Morgan fingerprint density at radius 3 is 2.53 bits per heavy atom. The first kappa shape index (κ1) is 10.2. The number of hydrogen-bond acceptors (Lipinski definition) is 2. The van der Waals surface area contributed by atoms with Crippen molar-refractivity contribution in [3.8, 4) is 0 Å². The summed E-state index contributed by atoms with van der Waals surface area (Å²) in [5.41, 5.74) is 7.78. The van der Waals surface area contributed by atoms with Crippen LogP contribution in [0.2, 0.25) is 0 Å². The average molecular weight is 204 g/mol. The minimum atomic E-state index is -0.950. The summed E-state index contributed by atoms with van der Waals surface area (Å²) in [5.74, 6) is -0.377. The van der Waals surface area contributed by atoms with Crippen LogP contribution < -0.4 is 5.73 Å². The summed E-state index contributed by atoms with van der Waals surface area (Å²) in [6, 6.07) is 9.55. The molecule has 3 nitrogen and oxygen atoms in total. The fraction of sp³-hybridized carbons (Fsp3) is 0.417. The van der Waals surface area contributed by atoms with Crippen molar-refractivity contribution in [2.75, 3.05) is 0 Å². The van der Waals surface area contributed by atoms with E-state index in [1.54, 1.807) is 0 Å². The smallest absolute Gasteiger partial charge is 0.327 e. The van der Waals surface area contributed by atoms with Crippen molar-refractivity contribution in [3.63, 3.8) is 0 Å². The van der Waals surface area contributed by atoms with Crippen LogP contribution in [0.3, 0.4) is 0 Å². The largest absolute Gasteiger partial charge is 0.459 e. The fourth-order valence-corrected chi connectivity index (χ4v) is 1.60. The van der Waals surface area contributed by atoms with Gasteiger partial charge in [0.1, 0.15) is 12.1 Å². The second kappa shape index (κ2) is 4.03. The molecule has 1 saturated carbocycles. The first-order chi connectivity index (χ1) is 7.21. The van der Waals surface area contributed by atoms with Crippen LogP contribution in [0, 0.1) is 0 Å². The van der Waals surface area contributed by atoms with Crippen LogP contribution >= 0.6 is 0 Å². The van der Waals surface area contributed by atoms with Gasteiger partial charge in [0.15, 0.2) is 0 Å². The van der Waals surface area contributed by atoms with Crippen molar-refractivity contribution >= 4 is 5.97 Å². The molecule has 79 valence electrons. The first-order valence-electron chi connectivity index (χ1n) is 5.17. The molecule has 3 heteroatoms. The maximum atomic E-state index is 11.5. The van der Waals surface area contributed by atoms with Crippen molar-refractivity contribution in [2.45, 2.75) is 31.4 Å². The van der Waals surface area contributed by atoms with Crippen molar-refractivity contribution in [1.82, 2.24) is 5.73 Å². The van der Waals surface area contributed by atoms with E-state index >= 15 is 0 Å². The Bertz CT molecular complexity index is 344. The number of ether oxygens (including phenoxy) is 1. The molecule has 1 aromatic carbocycles. The van der Waals surface area contributed by atoms with Gasteiger partial charge < -0.3 is 4.74 Å². The third kappa shape index (κ3) is 2.18. The van der Waals surface area contributed by atoms with Gasteiger partial charge in [0.25, 0.3) is 0 Å². The highest BCUT2D eigenvalue weighted by Crippen LogP contribution is 2.32. The lowest BCUT2D eigenvalue weighted by molar-refractivity contribution is -0.155. The molecule has 1 radical (unpaired) electrons. The molecular formula is C12H14NO2. The van der Waals surface area contributed by atoms with Crippen molar-refractivity contribution in [2.24, 2.45) is 0 Å². The normalized spacial score (nSPS) is 17.9. The van der Waals surface area contributed by atoms with E-state index in [0.29, 0.717) is 12.8 Å². The molecule has 2 rings (SSSR count). The van der Waals surface area contributed by atoms with Crippen LogP contribution in [-0.4, -0.2) is 11.5 Å². The number of esters is 1. The van der Waals surface area contributed by atoms with Gasteiger partial charge in [-0.15, -0.1) is 0 Å². The standard InChI is InChI=1S/C12H14NO2/c13-12(7-4-8-12)11(14)15-9-10-5-2-1-3-6-10/h1-3,5-6,13H,4,7-9H2. The van der Waals surface area contributed by atoms with Gasteiger partial charge in [0.05, 0.1) is 0 Å². The lowest BCUT2D eigenvalue weighted by Gasteiger charge is -2.33. The second-order valence-corrected chi connectivity index (χ2v) is 4.00. The molecule has 0 aliphatic heterocycles. The minimum Gasteiger partial charge on any atom is -0.459 e. The van der Waals surface area contributed by atoms with Crippen molar-refractivity contribution in [3.05, 3.63) is 35.9 Å². The number of benzene rings is 1. The van der Waals surface area contributed by atoms with E-state index in [4.69, 9.17) is 10.5 Å². The Kier molecular flexibility index (Phi) is 2.73. The quantitative estimate of drug-likeness (QED) is 0.706. The Morgan fingerprint density at radius 1 is 1.33 bits per heavy atom. The van der Waals surface area contributed by atoms with Crippen LogP contribution in [0.15, 0.2) is 30.3 Å². The molecule has 0 saturated heterocycles. The van der Waals surface area contributed by atoms with E-state index in [0.717, 1.165) is 12.0 Å². The minimum absolute atomic E-state index is 0.278. The highest BCUT2D eigenvalue weighted by Gasteiger charge is 2.42. The van der Waals surface area contributed by atoms with Gasteiger partial charge in [-0.25, -0.2) is 10.5 Å². The van der Waals surface area contributed by atoms with E-state index in [1.807, 2.05) is 30.3 Å². The lowest BCUT2D eigenvalue weighted by atomic mass is 9.78. The Morgan fingerprint density at radius 2 is 2.00 bits per heavy atom. The summed E-state index contributed by atoms with van der Waals surface area (Å²) in [6.45, 7) is 0.278. The van der Waals surface area contributed by atoms with Crippen LogP contribution in [-0.2, 0) is 16.1 Å². The molecule has 15 heavy (non-hydrogen) atoms. The average Bonchev–Trinajstić information content (AvgIpc) is 2.24. The molecule has 0 spiro atoms. The molecule has 1 aromatic rings. The number of carbonyl (C=O) groups is 1. The predicted molar refractivity (Wildman–Crippen MR) is 55.9 cm³/mol. The summed E-state index contributed by atoms with van der Waals surface area (Å²) in [6.07, 6.45) is 2.24. The van der Waals surface area contributed by atoms with Gasteiger partial charge in [0, 0.05) is 0 Å². The molecule has 0 bridgehead atoms. The maximum absolute atomic E-state index is 11.5. The van der Waals surface area contributed by atoms with Crippen LogP contribution in [0.5, 0.6) is 0 Å². The number of rotatable bonds is 3. The summed E-state index contributed by atoms with van der Waals surface area (Å²) in [7, 11) is 0. The van der Waals surface area contributed by atoms with Gasteiger partial charge in [-0.1, -0.05) is 30.3 Å². The summed E-state index contributed by atoms with van der Waals surface area (Å²) < 4.78 is 5.11. The number of hydrogen-bond donors (Lipinski definition) is 0. The zero-order valence-corrected chi connectivity index (χ0v) is 8.53. The molecule has 1 aliphatic carbocycles. The molecule has 1 fully saturated rings. The van der Waals surface area contributed by atoms with Crippen molar-refractivity contribution < 1.29 is 9.53 Å². The molecular weight excluding hydrogens is 190 g/mol. The van der Waals surface area contributed by atoms with Gasteiger partial charge in [-0.05, 0) is 24.8 Å². The monoisotopic (exact) mass is 204 g/mol. The molecule has 1 aliphatic rings. The SMILES string of the molecule is [NH]C1(C(=O)OCc2ccccc2)CCC1. The van der Waals surface area contributed by atoms with Gasteiger partial charge in [0.2, 0.25) is 0 Å². The fourth-order valence-electron chi connectivity index (χ4n) is 1.60. The Labute approximate surface area is 89.2 Å². The first-order valence-corrected chi connectivity index (χ1v) is 5.17. The molecule has 0 unspecified atom stereocenters. The maximum Gasteiger partial charge on any atom is 0.327 e. The van der Waals surface area contributed by atoms with E-state index in [1.165, 1.54) is 0 Å². The lowest BCUT2D eigenvalue weighted by Crippen LogP contribution is -2.47. The highest BCUT2D eigenvalue weighted by atomic mass is 16.5. The third-order valence-corrected chi connectivity index (χ3v) is 2.81. The van der Waals surface area contributed by atoms with Gasteiger partial charge in [-0.3, -0.25) is 0 Å². The van der Waals surface area contributed by atoms with Crippen LogP contribution in [0.1, 0.15) is 24.8 Å². The summed E-state index contributed by atoms with van der Waals surface area (Å²) >= 11 is 0. The summed E-state index contributed by atoms with van der Waals surface area (Å²) in [4.78, 5) is 11.5. The van der Waals surface area contributed by atoms with E-state index in [-0.39, 0.29) is 12.6 Å². The Balaban J connectivity index is 1.86. The molecule has 1 N–H and O–H groups in total. The summed E-state index contributed by atoms with van der Waals surface area (Å²) in [5, 5.41) is 0. The zero-order valence-electron chi connectivity index (χ0n) is 8.53. The Hall–Kier alpha value is -1.35. The molecule has 0 aromatic heterocycles. The number of nitrogens with one attached hydrogen (secondary N) is 1. The zero-order chi connectivity index (χ0) is 10.7. The topological polar surface area (TPSA) is 50.1 Å². The van der Waals surface area contributed by atoms with E-state index < -0.39 is 5.54 Å². The predicted octanol–water partition coefficient (Wildman–Crippen LogP) is 1.94. The van der Waals surface area contributed by atoms with Crippen LogP contribution in [0.4, 0.5) is 0 Å². The third-order valence-electron chi connectivity index (χ3n) is 2.81. The number of carbonyl (C=O) groups excluding carboxylic acids is 1. The van der Waals surface area contributed by atoms with Crippen molar-refractivity contribution in [1.29, 1.82) is 0 Å². The highest BCUT2D eigenvalue weighted by molar-refractivity contribution is 5.81. The molecule has 0 amide bonds. The van der Waals surface area contributed by atoms with E-state index in [2.05, 4.69) is 0 Å². The van der Waals surface area contributed by atoms with Gasteiger partial charge >= 0.3 is 5.97 Å². The molecule has 0 heterocycles. The second-order valence-electron chi connectivity index (χ2n) is 4.00. The van der Waals surface area contributed by atoms with E-state index in [9.17, 15) is 4.79 Å². The van der Waals surface area contributed by atoms with Gasteiger partial charge in [-0.2, -0.15) is 0 Å². The van der Waals surface area contributed by atoms with Crippen LogP contribution in [0.25, 0.3) is 0 Å². The molecule has 0 atom stereocenters.